The molecule has 0 aliphatic heterocycles. The van der Waals surface area contributed by atoms with E-state index in [1.54, 1.807) is 20.4 Å². The van der Waals surface area contributed by atoms with Crippen molar-refractivity contribution in [2.75, 3.05) is 14.2 Å². The zero-order valence-electron chi connectivity index (χ0n) is 11.7. The summed E-state index contributed by atoms with van der Waals surface area (Å²) in [6.45, 7) is 4.22. The molecule has 0 atom stereocenters. The zero-order valence-corrected chi connectivity index (χ0v) is 12.6. The Bertz CT molecular complexity index is 521. The number of nitrogens with one attached hydrogen (secondary N) is 1. The highest BCUT2D eigenvalue weighted by Gasteiger charge is 2.34. The molecule has 2 aromatic heterocycles. The van der Waals surface area contributed by atoms with Gasteiger partial charge in [-0.2, -0.15) is 0 Å². The fourth-order valence-electron chi connectivity index (χ4n) is 2.05. The van der Waals surface area contributed by atoms with Gasteiger partial charge in [-0.15, -0.1) is 0 Å². The lowest BCUT2D eigenvalue weighted by Crippen LogP contribution is -2.17. The number of rotatable bonds is 5. The summed E-state index contributed by atoms with van der Waals surface area (Å²) in [6, 6.07) is 9.98. The van der Waals surface area contributed by atoms with Gasteiger partial charge in [0.2, 0.25) is 0 Å². The number of aromatic nitrogens is 2. The van der Waals surface area contributed by atoms with Crippen LogP contribution in [0.1, 0.15) is 19.5 Å². The maximum Gasteiger partial charge on any atom is 0.182 e. The molecule has 2 heterocycles. The highest BCUT2D eigenvalue weighted by Crippen LogP contribution is 2.56. The van der Waals surface area contributed by atoms with Crippen LogP contribution < -0.4 is 0 Å². The standard InChI is InChI=1S/C14H19N2O2P/c1-14(2,19(17-3)18-4)13-9-8-12(16-13)11-7-5-6-10-15-11/h5-10,16H,1-4H3. The smallest absolute Gasteiger partial charge is 0.182 e. The van der Waals surface area contributed by atoms with Crippen LogP contribution in [0.2, 0.25) is 0 Å². The van der Waals surface area contributed by atoms with Crippen LogP contribution in [0.25, 0.3) is 11.4 Å². The molecule has 0 aliphatic rings. The number of aromatic amines is 1. The zero-order chi connectivity index (χ0) is 13.9. The van der Waals surface area contributed by atoms with E-state index in [9.17, 15) is 0 Å². The molecule has 5 heteroatoms. The Hall–Kier alpha value is -1.22. The van der Waals surface area contributed by atoms with Gasteiger partial charge < -0.3 is 14.0 Å². The normalized spacial score (nSPS) is 12.1. The van der Waals surface area contributed by atoms with Crippen molar-refractivity contribution in [3.8, 4) is 11.4 Å². The lowest BCUT2D eigenvalue weighted by molar-refractivity contribution is 0.316. The van der Waals surface area contributed by atoms with E-state index in [2.05, 4.69) is 29.9 Å². The molecule has 2 aromatic rings. The van der Waals surface area contributed by atoms with Crippen LogP contribution >= 0.6 is 8.38 Å². The first-order chi connectivity index (χ1) is 9.09. The van der Waals surface area contributed by atoms with Gasteiger partial charge in [0, 0.05) is 26.1 Å². The van der Waals surface area contributed by atoms with Crippen molar-refractivity contribution in [2.24, 2.45) is 0 Å². The van der Waals surface area contributed by atoms with E-state index in [4.69, 9.17) is 9.05 Å². The van der Waals surface area contributed by atoms with Crippen LogP contribution in [-0.2, 0) is 14.2 Å². The molecule has 1 N–H and O–H groups in total. The lowest BCUT2D eigenvalue weighted by Gasteiger charge is -2.29. The first kappa shape index (κ1) is 14.2. The number of pyridine rings is 1. The fraction of sp³-hybridized carbons (Fsp3) is 0.357. The summed E-state index contributed by atoms with van der Waals surface area (Å²) in [5.74, 6) is 0. The van der Waals surface area contributed by atoms with Gasteiger partial charge in [0.25, 0.3) is 0 Å². The monoisotopic (exact) mass is 278 g/mol. The van der Waals surface area contributed by atoms with Gasteiger partial charge in [-0.05, 0) is 38.1 Å². The molecule has 102 valence electrons. The van der Waals surface area contributed by atoms with Gasteiger partial charge in [0.15, 0.2) is 8.38 Å². The Labute approximate surface area is 115 Å². The SMILES string of the molecule is COP(OC)C(C)(C)c1ccc(-c2ccccn2)[nH]1. The summed E-state index contributed by atoms with van der Waals surface area (Å²) in [4.78, 5) is 7.75. The maximum atomic E-state index is 5.44. The van der Waals surface area contributed by atoms with Crippen molar-refractivity contribution < 1.29 is 9.05 Å². The van der Waals surface area contributed by atoms with Crippen molar-refractivity contribution in [1.29, 1.82) is 0 Å². The molecular weight excluding hydrogens is 259 g/mol. The van der Waals surface area contributed by atoms with Crippen molar-refractivity contribution in [3.63, 3.8) is 0 Å². The topological polar surface area (TPSA) is 47.1 Å². The summed E-state index contributed by atoms with van der Waals surface area (Å²) in [7, 11) is 2.38. The Morgan fingerprint density at radius 2 is 1.84 bits per heavy atom. The molecule has 0 spiro atoms. The second-order valence-corrected chi connectivity index (χ2v) is 7.04. The first-order valence-corrected chi connectivity index (χ1v) is 7.26. The van der Waals surface area contributed by atoms with Crippen LogP contribution in [0.4, 0.5) is 0 Å². The number of nitrogens with zero attached hydrogens (tertiary/aromatic N) is 1. The quantitative estimate of drug-likeness (QED) is 0.843. The second kappa shape index (κ2) is 5.83. The van der Waals surface area contributed by atoms with E-state index >= 15 is 0 Å². The van der Waals surface area contributed by atoms with Crippen LogP contribution in [0.5, 0.6) is 0 Å². The minimum absolute atomic E-state index is 0.203. The van der Waals surface area contributed by atoms with Gasteiger partial charge >= 0.3 is 0 Å². The van der Waals surface area contributed by atoms with Crippen molar-refractivity contribution in [3.05, 3.63) is 42.2 Å². The minimum Gasteiger partial charge on any atom is -0.356 e. The molecule has 0 saturated carbocycles. The van der Waals surface area contributed by atoms with Gasteiger partial charge in [-0.3, -0.25) is 4.98 Å². The molecule has 2 rings (SSSR count). The minimum atomic E-state index is -0.983. The van der Waals surface area contributed by atoms with Crippen molar-refractivity contribution in [2.45, 2.75) is 19.0 Å². The van der Waals surface area contributed by atoms with E-state index in [0.29, 0.717) is 0 Å². The third-order valence-corrected chi connectivity index (χ3v) is 4.89. The Kier molecular flexibility index (Phi) is 4.35. The summed E-state index contributed by atoms with van der Waals surface area (Å²) < 4.78 is 10.9. The average molecular weight is 278 g/mol. The van der Waals surface area contributed by atoms with E-state index in [-0.39, 0.29) is 5.16 Å². The molecule has 0 fully saturated rings. The summed E-state index contributed by atoms with van der Waals surface area (Å²) in [6.07, 6.45) is 1.79. The van der Waals surface area contributed by atoms with Gasteiger partial charge in [0.1, 0.15) is 0 Å². The summed E-state index contributed by atoms with van der Waals surface area (Å²) in [5, 5.41) is -0.203. The Morgan fingerprint density at radius 1 is 1.11 bits per heavy atom. The lowest BCUT2D eigenvalue weighted by atomic mass is 10.1. The van der Waals surface area contributed by atoms with Gasteiger partial charge in [-0.1, -0.05) is 6.07 Å². The summed E-state index contributed by atoms with van der Waals surface area (Å²) in [5.41, 5.74) is 3.03. The third-order valence-electron chi connectivity index (χ3n) is 3.07. The predicted octanol–water partition coefficient (Wildman–Crippen LogP) is 3.92. The third kappa shape index (κ3) is 2.86. The van der Waals surface area contributed by atoms with Crippen LogP contribution in [0.15, 0.2) is 36.5 Å². The first-order valence-electron chi connectivity index (χ1n) is 6.09. The Balaban J connectivity index is 2.31. The van der Waals surface area contributed by atoms with Gasteiger partial charge in [0.05, 0.1) is 16.5 Å². The molecule has 0 saturated heterocycles. The van der Waals surface area contributed by atoms with E-state index in [1.807, 2.05) is 24.3 Å². The summed E-state index contributed by atoms with van der Waals surface area (Å²) >= 11 is 0. The average Bonchev–Trinajstić information content (AvgIpc) is 2.91. The molecule has 0 amide bonds. The molecule has 19 heavy (non-hydrogen) atoms. The molecule has 0 unspecified atom stereocenters. The molecule has 0 radical (unpaired) electrons. The predicted molar refractivity (Wildman–Crippen MR) is 78.0 cm³/mol. The van der Waals surface area contributed by atoms with Crippen molar-refractivity contribution in [1.82, 2.24) is 9.97 Å². The Morgan fingerprint density at radius 3 is 2.42 bits per heavy atom. The fourth-order valence-corrected chi connectivity index (χ4v) is 3.44. The molecule has 4 nitrogen and oxygen atoms in total. The van der Waals surface area contributed by atoms with E-state index < -0.39 is 8.38 Å². The van der Waals surface area contributed by atoms with Crippen LogP contribution in [-0.4, -0.2) is 24.2 Å². The van der Waals surface area contributed by atoms with Gasteiger partial charge in [-0.25, -0.2) is 0 Å². The maximum absolute atomic E-state index is 5.44. The molecular formula is C14H19N2O2P. The largest absolute Gasteiger partial charge is 0.356 e. The molecule has 0 bridgehead atoms. The molecule has 0 aliphatic carbocycles. The number of hydrogen-bond acceptors (Lipinski definition) is 3. The van der Waals surface area contributed by atoms with E-state index in [1.165, 1.54) is 0 Å². The van der Waals surface area contributed by atoms with E-state index in [0.717, 1.165) is 17.1 Å². The number of hydrogen-bond donors (Lipinski definition) is 1. The highest BCUT2D eigenvalue weighted by molar-refractivity contribution is 7.48. The van der Waals surface area contributed by atoms with Crippen LogP contribution in [0.3, 0.4) is 0 Å². The number of H-pyrrole nitrogens is 1. The molecule has 0 aromatic carbocycles. The highest BCUT2D eigenvalue weighted by atomic mass is 31.2. The van der Waals surface area contributed by atoms with Crippen LogP contribution in [0, 0.1) is 0 Å². The second-order valence-electron chi connectivity index (χ2n) is 4.68. The van der Waals surface area contributed by atoms with Crippen molar-refractivity contribution >= 4 is 8.38 Å².